The number of nitrogens with zero attached hydrogens (tertiary/aromatic N) is 1. The van der Waals surface area contributed by atoms with Crippen LogP contribution in [0, 0.1) is 5.92 Å². The molecule has 18 heavy (non-hydrogen) atoms. The molecule has 5 heteroatoms. The van der Waals surface area contributed by atoms with Gasteiger partial charge in [-0.3, -0.25) is 9.59 Å². The Balaban J connectivity index is 2.47. The van der Waals surface area contributed by atoms with Crippen LogP contribution in [0.1, 0.15) is 33.1 Å². The highest BCUT2D eigenvalue weighted by Crippen LogP contribution is 2.22. The number of hydrogen-bond donors (Lipinski definition) is 2. The van der Waals surface area contributed by atoms with Crippen LogP contribution in [0.15, 0.2) is 0 Å². The van der Waals surface area contributed by atoms with E-state index in [-0.39, 0.29) is 23.8 Å². The molecule has 5 nitrogen and oxygen atoms in total. The molecule has 1 aliphatic heterocycles. The molecule has 1 saturated heterocycles. The Morgan fingerprint density at radius 2 is 2.06 bits per heavy atom. The lowest BCUT2D eigenvalue weighted by atomic mass is 10.1. The van der Waals surface area contributed by atoms with Crippen LogP contribution in [0.2, 0.25) is 0 Å². The van der Waals surface area contributed by atoms with Crippen molar-refractivity contribution in [3.05, 3.63) is 0 Å². The Bertz CT molecular complexity index is 290. The van der Waals surface area contributed by atoms with Crippen LogP contribution in [-0.4, -0.2) is 49.4 Å². The fourth-order valence-corrected chi connectivity index (χ4v) is 2.44. The van der Waals surface area contributed by atoms with Crippen molar-refractivity contribution in [1.29, 1.82) is 0 Å². The average Bonchev–Trinajstić information content (AvgIpc) is 2.74. The summed E-state index contributed by atoms with van der Waals surface area (Å²) in [6, 6.07) is 0.285. The van der Waals surface area contributed by atoms with E-state index in [0.29, 0.717) is 19.5 Å². The smallest absolute Gasteiger partial charge is 0.225 e. The van der Waals surface area contributed by atoms with Crippen LogP contribution >= 0.6 is 0 Å². The summed E-state index contributed by atoms with van der Waals surface area (Å²) in [7, 11) is 1.85. The van der Waals surface area contributed by atoms with Crippen molar-refractivity contribution in [3.8, 4) is 0 Å². The second-order valence-electron chi connectivity index (χ2n) is 4.81. The van der Waals surface area contributed by atoms with Crippen molar-refractivity contribution in [2.45, 2.75) is 39.2 Å². The minimum Gasteiger partial charge on any atom is -0.355 e. The van der Waals surface area contributed by atoms with Crippen LogP contribution in [0.3, 0.4) is 0 Å². The van der Waals surface area contributed by atoms with Crippen molar-refractivity contribution in [3.63, 3.8) is 0 Å². The first-order valence-electron chi connectivity index (χ1n) is 6.85. The van der Waals surface area contributed by atoms with E-state index < -0.39 is 0 Å². The highest BCUT2D eigenvalue weighted by Gasteiger charge is 2.36. The summed E-state index contributed by atoms with van der Waals surface area (Å²) in [6.45, 7) is 6.12. The van der Waals surface area contributed by atoms with E-state index >= 15 is 0 Å². The number of likely N-dealkylation sites (tertiary alicyclic amines) is 1. The lowest BCUT2D eigenvalue weighted by molar-refractivity contribution is -0.130. The Morgan fingerprint density at radius 1 is 1.39 bits per heavy atom. The monoisotopic (exact) mass is 255 g/mol. The average molecular weight is 255 g/mol. The summed E-state index contributed by atoms with van der Waals surface area (Å²) in [5.74, 6) is -0.0421. The molecule has 0 saturated carbocycles. The third-order valence-corrected chi connectivity index (χ3v) is 3.59. The summed E-state index contributed by atoms with van der Waals surface area (Å²) < 4.78 is 0. The van der Waals surface area contributed by atoms with E-state index in [1.54, 1.807) is 0 Å². The highest BCUT2D eigenvalue weighted by atomic mass is 16.2. The largest absolute Gasteiger partial charge is 0.355 e. The van der Waals surface area contributed by atoms with E-state index in [0.717, 1.165) is 19.4 Å². The van der Waals surface area contributed by atoms with Gasteiger partial charge in [-0.15, -0.1) is 0 Å². The molecule has 0 radical (unpaired) electrons. The van der Waals surface area contributed by atoms with Crippen LogP contribution in [0.25, 0.3) is 0 Å². The number of likely N-dealkylation sites (N-methyl/N-ethyl adjacent to an activating group) is 1. The number of hydrogen-bond acceptors (Lipinski definition) is 3. The molecule has 104 valence electrons. The molecule has 0 bridgehead atoms. The third kappa shape index (κ3) is 3.70. The molecule has 0 aliphatic carbocycles. The zero-order valence-electron chi connectivity index (χ0n) is 11.7. The summed E-state index contributed by atoms with van der Waals surface area (Å²) in [5, 5.41) is 5.84. The van der Waals surface area contributed by atoms with Crippen LogP contribution in [-0.2, 0) is 9.59 Å². The molecule has 1 aliphatic rings. The van der Waals surface area contributed by atoms with E-state index in [9.17, 15) is 9.59 Å². The Kier molecular flexibility index (Phi) is 6.12. The van der Waals surface area contributed by atoms with Gasteiger partial charge in [-0.2, -0.15) is 0 Å². The molecular weight excluding hydrogens is 230 g/mol. The normalized spacial score (nSPS) is 19.7. The maximum absolute atomic E-state index is 11.9. The Hall–Kier alpha value is -1.10. The van der Waals surface area contributed by atoms with Crippen molar-refractivity contribution in [1.82, 2.24) is 15.5 Å². The first-order chi connectivity index (χ1) is 8.63. The quantitative estimate of drug-likeness (QED) is 0.646. The van der Waals surface area contributed by atoms with Crippen molar-refractivity contribution in [2.75, 3.05) is 26.7 Å². The summed E-state index contributed by atoms with van der Waals surface area (Å²) in [4.78, 5) is 25.7. The van der Waals surface area contributed by atoms with Gasteiger partial charge in [0.25, 0.3) is 0 Å². The van der Waals surface area contributed by atoms with Gasteiger partial charge in [-0.25, -0.2) is 0 Å². The number of rotatable bonds is 7. The molecule has 2 N–H and O–H groups in total. The minimum absolute atomic E-state index is 0.00653. The summed E-state index contributed by atoms with van der Waals surface area (Å²) in [6.07, 6.45) is 2.27. The molecule has 2 amide bonds. The molecule has 1 unspecified atom stereocenters. The van der Waals surface area contributed by atoms with Gasteiger partial charge in [0.15, 0.2) is 0 Å². The molecule has 0 aromatic heterocycles. The topological polar surface area (TPSA) is 61.4 Å². The predicted octanol–water partition coefficient (Wildman–Crippen LogP) is 0.359. The fraction of sp³-hybridized carbons (Fsp3) is 0.846. The van der Waals surface area contributed by atoms with Gasteiger partial charge in [0.2, 0.25) is 11.8 Å². The number of carbonyl (C=O) groups is 2. The van der Waals surface area contributed by atoms with Crippen molar-refractivity contribution in [2.24, 2.45) is 5.92 Å². The first kappa shape index (κ1) is 15.0. The Morgan fingerprint density at radius 3 is 2.61 bits per heavy atom. The molecule has 0 aromatic rings. The van der Waals surface area contributed by atoms with Crippen molar-refractivity contribution >= 4 is 11.8 Å². The number of amides is 2. The molecule has 0 spiro atoms. The van der Waals surface area contributed by atoms with E-state index in [1.807, 2.05) is 11.9 Å². The van der Waals surface area contributed by atoms with Crippen LogP contribution < -0.4 is 10.6 Å². The van der Waals surface area contributed by atoms with Gasteiger partial charge in [-0.05, 0) is 19.9 Å². The summed E-state index contributed by atoms with van der Waals surface area (Å²) in [5.41, 5.74) is 0. The lowest BCUT2D eigenvalue weighted by Crippen LogP contribution is -2.38. The maximum atomic E-state index is 11.9. The molecular formula is C13H25N3O2. The Labute approximate surface area is 109 Å². The van der Waals surface area contributed by atoms with Gasteiger partial charge in [-0.1, -0.05) is 13.8 Å². The SMILES string of the molecule is CCC(CC)N1CC(C(=O)NCCNC)CC1=O. The summed E-state index contributed by atoms with van der Waals surface area (Å²) >= 11 is 0. The minimum atomic E-state index is -0.171. The van der Waals surface area contributed by atoms with Gasteiger partial charge in [0.05, 0.1) is 5.92 Å². The highest BCUT2D eigenvalue weighted by molar-refractivity contribution is 5.89. The predicted molar refractivity (Wildman–Crippen MR) is 71.1 cm³/mol. The maximum Gasteiger partial charge on any atom is 0.225 e. The third-order valence-electron chi connectivity index (χ3n) is 3.59. The molecule has 1 rings (SSSR count). The number of carbonyl (C=O) groups excluding carboxylic acids is 2. The second-order valence-corrected chi connectivity index (χ2v) is 4.81. The second kappa shape index (κ2) is 7.36. The van der Waals surface area contributed by atoms with E-state index in [2.05, 4.69) is 24.5 Å². The van der Waals surface area contributed by atoms with E-state index in [1.165, 1.54) is 0 Å². The zero-order chi connectivity index (χ0) is 13.5. The number of nitrogens with one attached hydrogen (secondary N) is 2. The van der Waals surface area contributed by atoms with Crippen LogP contribution in [0.5, 0.6) is 0 Å². The van der Waals surface area contributed by atoms with Crippen molar-refractivity contribution < 1.29 is 9.59 Å². The first-order valence-corrected chi connectivity index (χ1v) is 6.85. The molecule has 1 fully saturated rings. The van der Waals surface area contributed by atoms with E-state index in [4.69, 9.17) is 0 Å². The molecule has 0 aromatic carbocycles. The molecule has 1 atom stereocenters. The van der Waals surface area contributed by atoms with Gasteiger partial charge in [0.1, 0.15) is 0 Å². The van der Waals surface area contributed by atoms with Gasteiger partial charge >= 0.3 is 0 Å². The van der Waals surface area contributed by atoms with Gasteiger partial charge < -0.3 is 15.5 Å². The standard InChI is InChI=1S/C13H25N3O2/c1-4-11(5-2)16-9-10(8-12(16)17)13(18)15-7-6-14-3/h10-11,14H,4-9H2,1-3H3,(H,15,18). The van der Waals surface area contributed by atoms with Gasteiger partial charge in [0, 0.05) is 32.1 Å². The van der Waals surface area contributed by atoms with Crippen LogP contribution in [0.4, 0.5) is 0 Å². The zero-order valence-corrected chi connectivity index (χ0v) is 11.7. The fourth-order valence-electron chi connectivity index (χ4n) is 2.44. The molecule has 1 heterocycles. The lowest BCUT2D eigenvalue weighted by Gasteiger charge is -2.26.